The molecule has 0 bridgehead atoms. The van der Waals surface area contributed by atoms with Crippen molar-refractivity contribution < 1.29 is 18.8 Å². The van der Waals surface area contributed by atoms with Gasteiger partial charge in [-0.15, -0.1) is 0 Å². The lowest BCUT2D eigenvalue weighted by Crippen LogP contribution is -2.58. The number of nitrogens with one attached hydrogen (secondary N) is 2. The number of para-hydroxylation sites is 1. The van der Waals surface area contributed by atoms with E-state index < -0.39 is 17.4 Å². The molecule has 3 amide bonds. The molecule has 0 spiro atoms. The number of carbonyl (C=O) groups excluding carboxylic acids is 3. The van der Waals surface area contributed by atoms with Gasteiger partial charge in [-0.2, -0.15) is 5.10 Å². The van der Waals surface area contributed by atoms with Gasteiger partial charge in [0.15, 0.2) is 5.69 Å². The molecule has 2 aromatic carbocycles. The Labute approximate surface area is 203 Å². The molecule has 1 fully saturated rings. The highest BCUT2D eigenvalue weighted by Crippen LogP contribution is 2.28. The molecule has 1 saturated carbocycles. The predicted octanol–water partition coefficient (Wildman–Crippen LogP) is 2.75. The average Bonchev–Trinajstić information content (AvgIpc) is 3.13. The van der Waals surface area contributed by atoms with Crippen LogP contribution in [0.25, 0.3) is 10.9 Å². The summed E-state index contributed by atoms with van der Waals surface area (Å²) in [5.74, 6) is -1.68. The summed E-state index contributed by atoms with van der Waals surface area (Å²) in [6, 6.07) is 12.5. The van der Waals surface area contributed by atoms with Gasteiger partial charge < -0.3 is 16.4 Å². The number of aromatic nitrogens is 2. The van der Waals surface area contributed by atoms with Gasteiger partial charge in [0.05, 0.1) is 12.1 Å². The summed E-state index contributed by atoms with van der Waals surface area (Å²) in [4.78, 5) is 37.7. The molecular formula is C26H30FN5O3. The van der Waals surface area contributed by atoms with E-state index in [4.69, 9.17) is 5.73 Å². The van der Waals surface area contributed by atoms with Crippen molar-refractivity contribution in [3.05, 3.63) is 65.6 Å². The number of hydrogen-bond donors (Lipinski definition) is 3. The van der Waals surface area contributed by atoms with Crippen LogP contribution in [0.2, 0.25) is 0 Å². The summed E-state index contributed by atoms with van der Waals surface area (Å²) in [6.45, 7) is 5.97. The zero-order chi connectivity index (χ0) is 25.3. The van der Waals surface area contributed by atoms with Gasteiger partial charge in [0.25, 0.3) is 5.91 Å². The molecule has 1 aliphatic rings. The number of benzene rings is 2. The summed E-state index contributed by atoms with van der Waals surface area (Å²) in [7, 11) is 0. The number of fused-ring (bicyclic) bond motifs is 1. The fourth-order valence-corrected chi connectivity index (χ4v) is 4.31. The Hall–Kier alpha value is -3.75. The third-order valence-electron chi connectivity index (χ3n) is 6.41. The Kier molecular flexibility index (Phi) is 6.60. The number of halogens is 1. The van der Waals surface area contributed by atoms with E-state index in [9.17, 15) is 18.8 Å². The zero-order valence-electron chi connectivity index (χ0n) is 20.0. The molecule has 8 nitrogen and oxygen atoms in total. The molecule has 1 heterocycles. The van der Waals surface area contributed by atoms with Gasteiger partial charge in [-0.3, -0.25) is 19.1 Å². The molecule has 184 valence electrons. The average molecular weight is 480 g/mol. The minimum Gasteiger partial charge on any atom is -0.369 e. The second kappa shape index (κ2) is 9.48. The van der Waals surface area contributed by atoms with Crippen LogP contribution in [-0.2, 0) is 16.1 Å². The Morgan fingerprint density at radius 3 is 2.40 bits per heavy atom. The standard InChI is InChI=1S/C26H30FN5O3/c1-26(2,3)22(25(35)29-18-12-16(13-18)23(28)33)30-24(34)21-19-6-4-5-7-20(19)32(31-21)14-15-8-10-17(27)11-9-15/h4-11,16,18,22H,12-14H2,1-3H3,(H2,28,33)(H,29,35)(H,30,34)/t16-,18+,22-/m1/s1. The summed E-state index contributed by atoms with van der Waals surface area (Å²) >= 11 is 0. The first-order chi connectivity index (χ1) is 16.5. The number of hydrogen-bond acceptors (Lipinski definition) is 4. The fraction of sp³-hybridized carbons (Fsp3) is 0.385. The second-order valence-corrected chi connectivity index (χ2v) is 10.2. The van der Waals surface area contributed by atoms with E-state index in [-0.39, 0.29) is 35.3 Å². The number of carbonyl (C=O) groups is 3. The maximum absolute atomic E-state index is 13.4. The van der Waals surface area contributed by atoms with E-state index in [1.165, 1.54) is 12.1 Å². The van der Waals surface area contributed by atoms with Crippen LogP contribution < -0.4 is 16.4 Å². The van der Waals surface area contributed by atoms with Crippen LogP contribution in [0.5, 0.6) is 0 Å². The first kappa shape index (κ1) is 24.4. The Bertz CT molecular complexity index is 1260. The van der Waals surface area contributed by atoms with Crippen LogP contribution in [0, 0.1) is 17.2 Å². The van der Waals surface area contributed by atoms with Crippen molar-refractivity contribution in [2.75, 3.05) is 0 Å². The van der Waals surface area contributed by atoms with E-state index in [2.05, 4.69) is 15.7 Å². The minimum absolute atomic E-state index is 0.141. The van der Waals surface area contributed by atoms with Crippen LogP contribution in [0.3, 0.4) is 0 Å². The molecule has 3 aromatic rings. The van der Waals surface area contributed by atoms with Crippen molar-refractivity contribution in [3.63, 3.8) is 0 Å². The summed E-state index contributed by atoms with van der Waals surface area (Å²) in [5, 5.41) is 11.0. The minimum atomic E-state index is -0.816. The lowest BCUT2D eigenvalue weighted by molar-refractivity contribution is -0.130. The highest BCUT2D eigenvalue weighted by atomic mass is 19.1. The van der Waals surface area contributed by atoms with Gasteiger partial charge in [0, 0.05) is 17.3 Å². The number of primary amides is 1. The molecule has 1 aliphatic carbocycles. The fourth-order valence-electron chi connectivity index (χ4n) is 4.31. The smallest absolute Gasteiger partial charge is 0.273 e. The highest BCUT2D eigenvalue weighted by molar-refractivity contribution is 6.06. The van der Waals surface area contributed by atoms with Crippen molar-refractivity contribution in [2.24, 2.45) is 17.1 Å². The largest absolute Gasteiger partial charge is 0.369 e. The highest BCUT2D eigenvalue weighted by Gasteiger charge is 2.39. The zero-order valence-corrected chi connectivity index (χ0v) is 20.0. The number of rotatable bonds is 7. The molecule has 9 heteroatoms. The van der Waals surface area contributed by atoms with E-state index >= 15 is 0 Å². The van der Waals surface area contributed by atoms with E-state index in [1.54, 1.807) is 16.8 Å². The Morgan fingerprint density at radius 1 is 1.11 bits per heavy atom. The van der Waals surface area contributed by atoms with Crippen LogP contribution in [-0.4, -0.2) is 39.6 Å². The van der Waals surface area contributed by atoms with Crippen LogP contribution >= 0.6 is 0 Å². The molecule has 4 rings (SSSR count). The summed E-state index contributed by atoms with van der Waals surface area (Å²) < 4.78 is 15.0. The van der Waals surface area contributed by atoms with Gasteiger partial charge in [0.1, 0.15) is 11.9 Å². The topological polar surface area (TPSA) is 119 Å². The Balaban J connectivity index is 1.54. The summed E-state index contributed by atoms with van der Waals surface area (Å²) in [6.07, 6.45) is 1.01. The van der Waals surface area contributed by atoms with Crippen LogP contribution in [0.15, 0.2) is 48.5 Å². The number of nitrogens with two attached hydrogens (primary N) is 1. The molecule has 4 N–H and O–H groups in total. The molecular weight excluding hydrogens is 449 g/mol. The number of nitrogens with zero attached hydrogens (tertiary/aromatic N) is 2. The van der Waals surface area contributed by atoms with E-state index in [1.807, 2.05) is 45.0 Å². The lowest BCUT2D eigenvalue weighted by Gasteiger charge is -2.37. The Morgan fingerprint density at radius 2 is 1.77 bits per heavy atom. The number of amides is 3. The lowest BCUT2D eigenvalue weighted by atomic mass is 9.79. The third kappa shape index (κ3) is 5.34. The van der Waals surface area contributed by atoms with Crippen molar-refractivity contribution in [1.29, 1.82) is 0 Å². The molecule has 1 atom stereocenters. The first-order valence-electron chi connectivity index (χ1n) is 11.6. The molecule has 0 unspecified atom stereocenters. The van der Waals surface area contributed by atoms with Crippen molar-refractivity contribution in [1.82, 2.24) is 20.4 Å². The monoisotopic (exact) mass is 479 g/mol. The normalized spacial score (nSPS) is 18.5. The SMILES string of the molecule is CC(C)(C)[C@H](NC(=O)c1nn(Cc2ccc(F)cc2)c2ccccc12)C(=O)N[C@H]1C[C@@H](C(N)=O)C1. The predicted molar refractivity (Wildman–Crippen MR) is 130 cm³/mol. The van der Waals surface area contributed by atoms with Gasteiger partial charge in [-0.1, -0.05) is 51.1 Å². The first-order valence-corrected chi connectivity index (χ1v) is 11.6. The van der Waals surface area contributed by atoms with Gasteiger partial charge in [-0.25, -0.2) is 4.39 Å². The summed E-state index contributed by atoms with van der Waals surface area (Å²) in [5.41, 5.74) is 6.55. The molecule has 35 heavy (non-hydrogen) atoms. The van der Waals surface area contributed by atoms with Gasteiger partial charge >= 0.3 is 0 Å². The molecule has 0 radical (unpaired) electrons. The van der Waals surface area contributed by atoms with E-state index in [0.29, 0.717) is 24.8 Å². The maximum Gasteiger partial charge on any atom is 0.273 e. The van der Waals surface area contributed by atoms with Crippen LogP contribution in [0.1, 0.15) is 49.7 Å². The van der Waals surface area contributed by atoms with Crippen LogP contribution in [0.4, 0.5) is 4.39 Å². The van der Waals surface area contributed by atoms with Gasteiger partial charge in [-0.05, 0) is 42.0 Å². The third-order valence-corrected chi connectivity index (χ3v) is 6.41. The molecule has 0 saturated heterocycles. The van der Waals surface area contributed by atoms with Crippen molar-refractivity contribution in [3.8, 4) is 0 Å². The van der Waals surface area contributed by atoms with Crippen molar-refractivity contribution in [2.45, 2.75) is 52.2 Å². The van der Waals surface area contributed by atoms with Crippen molar-refractivity contribution >= 4 is 28.6 Å². The van der Waals surface area contributed by atoms with Gasteiger partial charge in [0.2, 0.25) is 11.8 Å². The quantitative estimate of drug-likeness (QED) is 0.483. The van der Waals surface area contributed by atoms with E-state index in [0.717, 1.165) is 11.1 Å². The molecule has 1 aromatic heterocycles. The maximum atomic E-state index is 13.4. The molecule has 0 aliphatic heterocycles. The second-order valence-electron chi connectivity index (χ2n) is 10.2.